The largest absolute Gasteiger partial charge is 0.391 e. The van der Waals surface area contributed by atoms with Crippen molar-refractivity contribution in [2.45, 2.75) is 76.2 Å². The van der Waals surface area contributed by atoms with Crippen molar-refractivity contribution in [3.8, 4) is 0 Å². The molecule has 2 N–H and O–H groups in total. The fraction of sp³-hybridized carbons (Fsp3) is 0.833. The molecule has 2 fully saturated rings. The fourth-order valence-corrected chi connectivity index (χ4v) is 3.62. The van der Waals surface area contributed by atoms with E-state index in [0.29, 0.717) is 12.6 Å². The number of carbonyl (C=O) groups excluding carboxylic acids is 1. The highest BCUT2D eigenvalue weighted by atomic mass is 16.5. The molecule has 2 rings (SSSR count). The predicted molar refractivity (Wildman–Crippen MR) is 91.2 cm³/mol. The first-order valence-electron chi connectivity index (χ1n) is 9.06. The molecule has 5 nitrogen and oxygen atoms in total. The molecule has 0 aromatic rings. The number of amides is 1. The number of aliphatic hydroxyl groups is 1. The second-order valence-electron chi connectivity index (χ2n) is 6.83. The Morgan fingerprint density at radius 3 is 2.70 bits per heavy atom. The molecule has 5 heteroatoms. The zero-order valence-electron chi connectivity index (χ0n) is 14.4. The van der Waals surface area contributed by atoms with Gasteiger partial charge in [-0.05, 0) is 39.0 Å². The van der Waals surface area contributed by atoms with Crippen molar-refractivity contribution in [1.29, 1.82) is 0 Å². The van der Waals surface area contributed by atoms with Gasteiger partial charge in [-0.2, -0.15) is 0 Å². The number of ether oxygens (including phenoxy) is 1. The third-order valence-corrected chi connectivity index (χ3v) is 5.10. The van der Waals surface area contributed by atoms with E-state index in [1.54, 1.807) is 13.0 Å². The van der Waals surface area contributed by atoms with Crippen LogP contribution < -0.4 is 5.32 Å². The summed E-state index contributed by atoms with van der Waals surface area (Å²) in [7, 11) is 0. The molecule has 1 aliphatic carbocycles. The van der Waals surface area contributed by atoms with E-state index in [-0.39, 0.29) is 18.1 Å². The molecule has 3 unspecified atom stereocenters. The maximum atomic E-state index is 12.1. The summed E-state index contributed by atoms with van der Waals surface area (Å²) < 4.78 is 5.49. The molecule has 0 spiro atoms. The van der Waals surface area contributed by atoms with Gasteiger partial charge in [0.15, 0.2) is 0 Å². The highest BCUT2D eigenvalue weighted by Gasteiger charge is 2.32. The van der Waals surface area contributed by atoms with Crippen LogP contribution in [0.15, 0.2) is 12.7 Å². The summed E-state index contributed by atoms with van der Waals surface area (Å²) in [4.78, 5) is 14.5. The van der Waals surface area contributed by atoms with Gasteiger partial charge < -0.3 is 15.2 Å². The lowest BCUT2D eigenvalue weighted by atomic mass is 9.89. The number of aliphatic hydroxyl groups excluding tert-OH is 1. The summed E-state index contributed by atoms with van der Waals surface area (Å²) in [6, 6.07) is 0.548. The molecule has 0 aromatic carbocycles. The van der Waals surface area contributed by atoms with E-state index in [1.165, 1.54) is 6.42 Å². The number of piperidine rings is 1. The summed E-state index contributed by atoms with van der Waals surface area (Å²) >= 11 is 0. The van der Waals surface area contributed by atoms with Crippen LogP contribution in [0.4, 0.5) is 0 Å². The molecule has 1 heterocycles. The standard InChI is InChI=1S/C18H32N2O3/c1-3-4-13-23-14(2)18(22)19-15-9-11-20(12-10-15)16-7-5-6-8-17(16)21/h3,14-17,21H,1,4-13H2,2H3,(H,19,22). The van der Waals surface area contributed by atoms with E-state index in [1.807, 2.05) is 0 Å². The molecule has 0 aromatic heterocycles. The molecule has 2 aliphatic rings. The van der Waals surface area contributed by atoms with E-state index in [9.17, 15) is 9.90 Å². The lowest BCUT2D eigenvalue weighted by Crippen LogP contribution is -2.53. The number of likely N-dealkylation sites (tertiary alicyclic amines) is 1. The van der Waals surface area contributed by atoms with Crippen LogP contribution >= 0.6 is 0 Å². The molecule has 23 heavy (non-hydrogen) atoms. The van der Waals surface area contributed by atoms with Gasteiger partial charge in [-0.1, -0.05) is 18.9 Å². The number of rotatable bonds is 7. The quantitative estimate of drug-likeness (QED) is 0.554. The van der Waals surface area contributed by atoms with Crippen LogP contribution in [0.25, 0.3) is 0 Å². The van der Waals surface area contributed by atoms with Crippen LogP contribution in [0.1, 0.15) is 51.9 Å². The first kappa shape index (κ1) is 18.4. The lowest BCUT2D eigenvalue weighted by Gasteiger charge is -2.41. The van der Waals surface area contributed by atoms with Crippen LogP contribution in [0, 0.1) is 0 Å². The lowest BCUT2D eigenvalue weighted by molar-refractivity contribution is -0.132. The normalized spacial score (nSPS) is 28.3. The molecule has 1 amide bonds. The predicted octanol–water partition coefficient (Wildman–Crippen LogP) is 1.85. The fourth-order valence-electron chi connectivity index (χ4n) is 3.62. The van der Waals surface area contributed by atoms with Gasteiger partial charge in [-0.25, -0.2) is 0 Å². The van der Waals surface area contributed by atoms with Crippen LogP contribution in [-0.4, -0.2) is 59.9 Å². The van der Waals surface area contributed by atoms with Crippen LogP contribution in [-0.2, 0) is 9.53 Å². The molecular weight excluding hydrogens is 292 g/mol. The number of nitrogens with zero attached hydrogens (tertiary/aromatic N) is 1. The van der Waals surface area contributed by atoms with Crippen LogP contribution in [0.5, 0.6) is 0 Å². The maximum absolute atomic E-state index is 12.1. The van der Waals surface area contributed by atoms with E-state index in [4.69, 9.17) is 4.74 Å². The molecule has 132 valence electrons. The van der Waals surface area contributed by atoms with E-state index in [2.05, 4.69) is 16.8 Å². The molecule has 3 atom stereocenters. The number of carbonyl (C=O) groups is 1. The summed E-state index contributed by atoms with van der Waals surface area (Å²) in [5.74, 6) is -0.0230. The molecule has 1 saturated heterocycles. The summed E-state index contributed by atoms with van der Waals surface area (Å²) in [6.07, 6.45) is 8.28. The Labute approximate surface area is 140 Å². The van der Waals surface area contributed by atoms with Gasteiger partial charge in [0.25, 0.3) is 0 Å². The smallest absolute Gasteiger partial charge is 0.249 e. The monoisotopic (exact) mass is 324 g/mol. The zero-order chi connectivity index (χ0) is 16.7. The molecule has 0 radical (unpaired) electrons. The molecular formula is C18H32N2O3. The Bertz CT molecular complexity index is 380. The second kappa shape index (κ2) is 9.40. The van der Waals surface area contributed by atoms with Gasteiger partial charge in [0.1, 0.15) is 6.10 Å². The Kier molecular flexibility index (Phi) is 7.53. The number of hydrogen-bond acceptors (Lipinski definition) is 4. The highest BCUT2D eigenvalue weighted by molar-refractivity contribution is 5.80. The zero-order valence-corrected chi connectivity index (χ0v) is 14.4. The van der Waals surface area contributed by atoms with Crippen molar-refractivity contribution in [1.82, 2.24) is 10.2 Å². The minimum Gasteiger partial charge on any atom is -0.391 e. The van der Waals surface area contributed by atoms with E-state index >= 15 is 0 Å². The summed E-state index contributed by atoms with van der Waals surface area (Å²) in [5.41, 5.74) is 0. The average molecular weight is 324 g/mol. The number of hydrogen-bond donors (Lipinski definition) is 2. The van der Waals surface area contributed by atoms with Gasteiger partial charge in [0.2, 0.25) is 5.91 Å². The van der Waals surface area contributed by atoms with Gasteiger partial charge in [-0.3, -0.25) is 9.69 Å². The van der Waals surface area contributed by atoms with Crippen molar-refractivity contribution < 1.29 is 14.6 Å². The van der Waals surface area contributed by atoms with Crippen LogP contribution in [0.2, 0.25) is 0 Å². The third kappa shape index (κ3) is 5.59. The summed E-state index contributed by atoms with van der Waals surface area (Å²) in [6.45, 7) is 7.89. The Morgan fingerprint density at radius 2 is 2.04 bits per heavy atom. The summed E-state index contributed by atoms with van der Waals surface area (Å²) in [5, 5.41) is 13.3. The van der Waals surface area contributed by atoms with Gasteiger partial charge in [0, 0.05) is 25.2 Å². The van der Waals surface area contributed by atoms with E-state index in [0.717, 1.165) is 51.6 Å². The topological polar surface area (TPSA) is 61.8 Å². The van der Waals surface area contributed by atoms with E-state index < -0.39 is 6.10 Å². The SMILES string of the molecule is C=CCCOC(C)C(=O)NC1CCN(C2CCCCC2O)CC1. The van der Waals surface area contributed by atoms with Gasteiger partial charge >= 0.3 is 0 Å². The highest BCUT2D eigenvalue weighted by Crippen LogP contribution is 2.25. The molecule has 1 saturated carbocycles. The minimum absolute atomic E-state index is 0.0230. The van der Waals surface area contributed by atoms with Gasteiger partial charge in [-0.15, -0.1) is 6.58 Å². The average Bonchev–Trinajstić information content (AvgIpc) is 2.56. The van der Waals surface area contributed by atoms with Crippen molar-refractivity contribution in [3.63, 3.8) is 0 Å². The number of nitrogens with one attached hydrogen (secondary N) is 1. The third-order valence-electron chi connectivity index (χ3n) is 5.10. The van der Waals surface area contributed by atoms with Crippen LogP contribution in [0.3, 0.4) is 0 Å². The van der Waals surface area contributed by atoms with Crippen molar-refractivity contribution >= 4 is 5.91 Å². The first-order valence-corrected chi connectivity index (χ1v) is 9.06. The van der Waals surface area contributed by atoms with Gasteiger partial charge in [0.05, 0.1) is 12.7 Å². The maximum Gasteiger partial charge on any atom is 0.249 e. The Morgan fingerprint density at radius 1 is 1.35 bits per heavy atom. The van der Waals surface area contributed by atoms with Crippen molar-refractivity contribution in [3.05, 3.63) is 12.7 Å². The first-order chi connectivity index (χ1) is 11.1. The molecule has 0 bridgehead atoms. The molecule has 1 aliphatic heterocycles. The minimum atomic E-state index is -0.409. The Hall–Kier alpha value is -0.910. The Balaban J connectivity index is 1.69. The second-order valence-corrected chi connectivity index (χ2v) is 6.83. The van der Waals surface area contributed by atoms with Crippen molar-refractivity contribution in [2.75, 3.05) is 19.7 Å². The van der Waals surface area contributed by atoms with Crippen molar-refractivity contribution in [2.24, 2.45) is 0 Å².